The molecule has 0 bridgehead atoms. The van der Waals surface area contributed by atoms with Gasteiger partial charge in [0.05, 0.1) is 0 Å². The number of halogens is 3. The lowest BCUT2D eigenvalue weighted by atomic mass is 10.0. The first kappa shape index (κ1) is 12.0. The number of benzene rings is 2. The third kappa shape index (κ3) is 2.62. The Kier molecular flexibility index (Phi) is 3.41. The average Bonchev–Trinajstić information content (AvgIpc) is 2.27. The van der Waals surface area contributed by atoms with Crippen molar-refractivity contribution in [1.82, 2.24) is 0 Å². The van der Waals surface area contributed by atoms with Crippen LogP contribution in [-0.2, 0) is 6.54 Å². The number of rotatable bonds is 2. The molecular weight excluding hydrogens is 244 g/mol. The van der Waals surface area contributed by atoms with Gasteiger partial charge in [0, 0.05) is 17.1 Å². The zero-order chi connectivity index (χ0) is 12.4. The molecule has 0 aliphatic carbocycles. The molecule has 0 atom stereocenters. The van der Waals surface area contributed by atoms with Crippen LogP contribution in [0, 0.1) is 11.6 Å². The van der Waals surface area contributed by atoms with Crippen molar-refractivity contribution in [1.29, 1.82) is 0 Å². The highest BCUT2D eigenvalue weighted by Gasteiger charge is 2.06. The van der Waals surface area contributed by atoms with E-state index in [9.17, 15) is 8.78 Å². The third-order valence-corrected chi connectivity index (χ3v) is 2.69. The largest absolute Gasteiger partial charge is 0.326 e. The van der Waals surface area contributed by atoms with Crippen molar-refractivity contribution in [2.24, 2.45) is 5.73 Å². The molecule has 0 heterocycles. The fraction of sp³-hybridized carbons (Fsp3) is 0.0769. The summed E-state index contributed by atoms with van der Waals surface area (Å²) in [7, 11) is 0. The van der Waals surface area contributed by atoms with Gasteiger partial charge in [-0.25, -0.2) is 8.78 Å². The van der Waals surface area contributed by atoms with Gasteiger partial charge in [-0.05, 0) is 35.4 Å². The summed E-state index contributed by atoms with van der Waals surface area (Å²) in [6.07, 6.45) is 0. The Labute approximate surface area is 103 Å². The summed E-state index contributed by atoms with van der Waals surface area (Å²) in [6.45, 7) is 0.135. The molecule has 2 N–H and O–H groups in total. The summed E-state index contributed by atoms with van der Waals surface area (Å²) in [6, 6.07) is 8.70. The summed E-state index contributed by atoms with van der Waals surface area (Å²) in [5.41, 5.74) is 6.90. The first-order valence-corrected chi connectivity index (χ1v) is 5.43. The second-order valence-corrected chi connectivity index (χ2v) is 4.10. The molecule has 17 heavy (non-hydrogen) atoms. The maximum Gasteiger partial charge on any atom is 0.128 e. The van der Waals surface area contributed by atoms with E-state index in [1.54, 1.807) is 18.2 Å². The van der Waals surface area contributed by atoms with Crippen molar-refractivity contribution in [3.8, 4) is 11.1 Å². The van der Waals surface area contributed by atoms with Crippen LogP contribution in [0.3, 0.4) is 0 Å². The van der Waals surface area contributed by atoms with Crippen LogP contribution in [0.1, 0.15) is 5.56 Å². The minimum absolute atomic E-state index is 0.135. The lowest BCUT2D eigenvalue weighted by Crippen LogP contribution is -1.99. The number of nitrogens with two attached hydrogens (primary N) is 1. The third-order valence-electron chi connectivity index (χ3n) is 2.47. The minimum atomic E-state index is -0.448. The fourth-order valence-corrected chi connectivity index (χ4v) is 1.83. The predicted octanol–water partition coefficient (Wildman–Crippen LogP) is 3.74. The molecule has 2 rings (SSSR count). The van der Waals surface area contributed by atoms with Crippen LogP contribution in [0.15, 0.2) is 36.4 Å². The number of hydrogen-bond acceptors (Lipinski definition) is 1. The lowest BCUT2D eigenvalue weighted by Gasteiger charge is -2.05. The van der Waals surface area contributed by atoms with E-state index in [1.165, 1.54) is 18.2 Å². The van der Waals surface area contributed by atoms with Gasteiger partial charge in [0.15, 0.2) is 0 Å². The van der Waals surface area contributed by atoms with Gasteiger partial charge in [0.25, 0.3) is 0 Å². The number of hydrogen-bond donors (Lipinski definition) is 1. The van der Waals surface area contributed by atoms with Gasteiger partial charge in [0.2, 0.25) is 0 Å². The molecule has 1 nitrogen and oxygen atoms in total. The van der Waals surface area contributed by atoms with E-state index in [1.807, 2.05) is 0 Å². The Morgan fingerprint density at radius 2 is 1.76 bits per heavy atom. The lowest BCUT2D eigenvalue weighted by molar-refractivity contribution is 0.611. The van der Waals surface area contributed by atoms with E-state index in [4.69, 9.17) is 17.3 Å². The van der Waals surface area contributed by atoms with Crippen molar-refractivity contribution in [2.75, 3.05) is 0 Å². The van der Waals surface area contributed by atoms with Crippen molar-refractivity contribution >= 4 is 11.6 Å². The quantitative estimate of drug-likeness (QED) is 0.867. The Morgan fingerprint density at radius 1 is 1.00 bits per heavy atom. The van der Waals surface area contributed by atoms with Gasteiger partial charge in [-0.3, -0.25) is 0 Å². The molecule has 0 fully saturated rings. The van der Waals surface area contributed by atoms with Gasteiger partial charge in [-0.15, -0.1) is 0 Å². The monoisotopic (exact) mass is 253 g/mol. The normalized spacial score (nSPS) is 10.6. The maximum absolute atomic E-state index is 13.5. The Balaban J connectivity index is 2.49. The average molecular weight is 254 g/mol. The molecule has 2 aromatic carbocycles. The summed E-state index contributed by atoms with van der Waals surface area (Å²) in [5, 5.41) is 0.281. The SMILES string of the molecule is NCc1ccc(-c2cc(F)cc(Cl)c2)cc1F. The smallest absolute Gasteiger partial charge is 0.128 e. The van der Waals surface area contributed by atoms with E-state index in [-0.39, 0.29) is 11.6 Å². The first-order valence-electron chi connectivity index (χ1n) is 5.05. The van der Waals surface area contributed by atoms with E-state index in [0.717, 1.165) is 0 Å². The van der Waals surface area contributed by atoms with Crippen LogP contribution in [-0.4, -0.2) is 0 Å². The first-order chi connectivity index (χ1) is 8.10. The van der Waals surface area contributed by atoms with Crippen molar-refractivity contribution in [3.05, 3.63) is 58.6 Å². The Bertz CT molecular complexity index is 535. The second-order valence-electron chi connectivity index (χ2n) is 3.67. The van der Waals surface area contributed by atoms with E-state index >= 15 is 0 Å². The van der Waals surface area contributed by atoms with Crippen LogP contribution in [0.2, 0.25) is 5.02 Å². The highest BCUT2D eigenvalue weighted by atomic mass is 35.5. The topological polar surface area (TPSA) is 26.0 Å². The van der Waals surface area contributed by atoms with Crippen LogP contribution in [0.5, 0.6) is 0 Å². The molecule has 0 unspecified atom stereocenters. The summed E-state index contributed by atoms with van der Waals surface area (Å²) in [5.74, 6) is -0.846. The molecule has 0 saturated carbocycles. The maximum atomic E-state index is 13.5. The molecule has 0 aliphatic rings. The standard InChI is InChI=1S/C13H10ClF2N/c14-11-3-10(4-12(15)6-11)8-1-2-9(7-17)13(16)5-8/h1-6H,7,17H2. The fourth-order valence-electron chi connectivity index (χ4n) is 1.61. The van der Waals surface area contributed by atoms with Gasteiger partial charge in [0.1, 0.15) is 11.6 Å². The second kappa shape index (κ2) is 4.82. The molecule has 0 saturated heterocycles. The molecular formula is C13H10ClF2N. The van der Waals surface area contributed by atoms with E-state index in [2.05, 4.69) is 0 Å². The summed E-state index contributed by atoms with van der Waals surface area (Å²) >= 11 is 5.74. The molecule has 2 aromatic rings. The van der Waals surface area contributed by atoms with Crippen LogP contribution < -0.4 is 5.73 Å². The molecule has 0 radical (unpaired) electrons. The molecule has 4 heteroatoms. The van der Waals surface area contributed by atoms with Crippen molar-refractivity contribution in [2.45, 2.75) is 6.54 Å². The minimum Gasteiger partial charge on any atom is -0.326 e. The van der Waals surface area contributed by atoms with Gasteiger partial charge in [-0.2, -0.15) is 0 Å². The Hall–Kier alpha value is -1.45. The highest BCUT2D eigenvalue weighted by molar-refractivity contribution is 6.30. The summed E-state index contributed by atoms with van der Waals surface area (Å²) < 4.78 is 26.7. The molecule has 0 spiro atoms. The zero-order valence-electron chi connectivity index (χ0n) is 8.88. The molecule has 0 aliphatic heterocycles. The van der Waals surface area contributed by atoms with E-state index in [0.29, 0.717) is 16.7 Å². The zero-order valence-corrected chi connectivity index (χ0v) is 9.64. The van der Waals surface area contributed by atoms with Gasteiger partial charge >= 0.3 is 0 Å². The van der Waals surface area contributed by atoms with Crippen molar-refractivity contribution < 1.29 is 8.78 Å². The molecule has 0 amide bonds. The van der Waals surface area contributed by atoms with Crippen LogP contribution >= 0.6 is 11.6 Å². The molecule has 0 aromatic heterocycles. The van der Waals surface area contributed by atoms with Crippen LogP contribution in [0.4, 0.5) is 8.78 Å². The predicted molar refractivity (Wildman–Crippen MR) is 64.7 cm³/mol. The highest BCUT2D eigenvalue weighted by Crippen LogP contribution is 2.25. The van der Waals surface area contributed by atoms with Gasteiger partial charge < -0.3 is 5.73 Å². The summed E-state index contributed by atoms with van der Waals surface area (Å²) in [4.78, 5) is 0. The van der Waals surface area contributed by atoms with Gasteiger partial charge in [-0.1, -0.05) is 23.7 Å². The Morgan fingerprint density at radius 3 is 2.35 bits per heavy atom. The van der Waals surface area contributed by atoms with Crippen LogP contribution in [0.25, 0.3) is 11.1 Å². The molecule has 88 valence electrons. The van der Waals surface area contributed by atoms with Crippen molar-refractivity contribution in [3.63, 3.8) is 0 Å². The van der Waals surface area contributed by atoms with E-state index < -0.39 is 11.6 Å².